The van der Waals surface area contributed by atoms with Gasteiger partial charge >= 0.3 is 0 Å². The number of nitro benzene ring substituents is 1. The van der Waals surface area contributed by atoms with Crippen LogP contribution >= 0.6 is 11.6 Å². The fraction of sp³-hybridized carbons (Fsp3) is 0.182. The standard InChI is InChI=1S/C11H10ClN3O3/c12-9-5-13-14(6-9)7-11(16)8-2-1-3-10(4-8)15(17)18/h1-6,11,16H,7H2. The smallest absolute Gasteiger partial charge is 0.269 e. The maximum absolute atomic E-state index is 10.6. The van der Waals surface area contributed by atoms with Crippen molar-refractivity contribution in [1.29, 1.82) is 0 Å². The number of rotatable bonds is 4. The molecule has 0 amide bonds. The molecule has 1 unspecified atom stereocenters. The molecule has 1 aromatic carbocycles. The summed E-state index contributed by atoms with van der Waals surface area (Å²) in [6, 6.07) is 5.88. The molecule has 18 heavy (non-hydrogen) atoms. The normalized spacial score (nSPS) is 12.3. The Balaban J connectivity index is 2.15. The molecule has 0 bridgehead atoms. The van der Waals surface area contributed by atoms with Gasteiger partial charge in [-0.25, -0.2) is 0 Å². The summed E-state index contributed by atoms with van der Waals surface area (Å²) in [5.41, 5.74) is 0.417. The molecule has 2 rings (SSSR count). The van der Waals surface area contributed by atoms with Gasteiger partial charge in [0, 0.05) is 18.3 Å². The highest BCUT2D eigenvalue weighted by atomic mass is 35.5. The quantitative estimate of drug-likeness (QED) is 0.680. The molecule has 7 heteroatoms. The van der Waals surface area contributed by atoms with Crippen LogP contribution < -0.4 is 0 Å². The summed E-state index contributed by atoms with van der Waals surface area (Å²) in [5.74, 6) is 0. The highest BCUT2D eigenvalue weighted by Gasteiger charge is 2.13. The van der Waals surface area contributed by atoms with E-state index in [1.165, 1.54) is 29.1 Å². The maximum atomic E-state index is 10.6. The number of nitro groups is 1. The average molecular weight is 268 g/mol. The average Bonchev–Trinajstić information content (AvgIpc) is 2.75. The van der Waals surface area contributed by atoms with Gasteiger partial charge in [-0.2, -0.15) is 5.10 Å². The second kappa shape index (κ2) is 5.16. The van der Waals surface area contributed by atoms with Gasteiger partial charge in [-0.3, -0.25) is 14.8 Å². The first-order valence-electron chi connectivity index (χ1n) is 5.16. The van der Waals surface area contributed by atoms with Crippen molar-refractivity contribution in [3.8, 4) is 0 Å². The fourth-order valence-corrected chi connectivity index (χ4v) is 1.72. The first kappa shape index (κ1) is 12.5. The predicted octanol–water partition coefficient (Wildman–Crippen LogP) is 2.18. The Morgan fingerprint density at radius 2 is 2.33 bits per heavy atom. The van der Waals surface area contributed by atoms with Crippen LogP contribution in [0.2, 0.25) is 5.02 Å². The minimum absolute atomic E-state index is 0.0509. The Labute approximate surface area is 108 Å². The summed E-state index contributed by atoms with van der Waals surface area (Å²) in [7, 11) is 0. The van der Waals surface area contributed by atoms with E-state index in [1.54, 1.807) is 12.3 Å². The Hall–Kier alpha value is -1.92. The van der Waals surface area contributed by atoms with E-state index in [-0.39, 0.29) is 12.2 Å². The van der Waals surface area contributed by atoms with Crippen molar-refractivity contribution in [2.24, 2.45) is 0 Å². The van der Waals surface area contributed by atoms with Crippen LogP contribution in [0.3, 0.4) is 0 Å². The summed E-state index contributed by atoms with van der Waals surface area (Å²) in [5, 5.41) is 25.0. The third kappa shape index (κ3) is 2.85. The van der Waals surface area contributed by atoms with E-state index in [0.29, 0.717) is 10.6 Å². The van der Waals surface area contributed by atoms with E-state index in [1.807, 2.05) is 0 Å². The predicted molar refractivity (Wildman–Crippen MR) is 65.3 cm³/mol. The van der Waals surface area contributed by atoms with Crippen LogP contribution in [0.15, 0.2) is 36.7 Å². The number of nitrogens with zero attached hydrogens (tertiary/aromatic N) is 3. The van der Waals surface area contributed by atoms with Gasteiger partial charge in [0.1, 0.15) is 0 Å². The number of hydrogen-bond acceptors (Lipinski definition) is 4. The molecule has 1 N–H and O–H groups in total. The summed E-state index contributed by atoms with van der Waals surface area (Å²) in [6.45, 7) is 0.188. The Kier molecular flexibility index (Phi) is 3.59. The lowest BCUT2D eigenvalue weighted by Crippen LogP contribution is -2.09. The van der Waals surface area contributed by atoms with E-state index >= 15 is 0 Å². The number of aromatic nitrogens is 2. The fourth-order valence-electron chi connectivity index (χ4n) is 1.57. The van der Waals surface area contributed by atoms with Crippen LogP contribution in [-0.2, 0) is 6.54 Å². The van der Waals surface area contributed by atoms with Crippen molar-refractivity contribution in [2.75, 3.05) is 0 Å². The van der Waals surface area contributed by atoms with E-state index in [0.717, 1.165) is 0 Å². The molecule has 0 aliphatic rings. The first-order chi connectivity index (χ1) is 8.56. The van der Waals surface area contributed by atoms with Crippen molar-refractivity contribution in [3.05, 3.63) is 57.4 Å². The van der Waals surface area contributed by atoms with Crippen LogP contribution in [0.5, 0.6) is 0 Å². The Morgan fingerprint density at radius 1 is 1.56 bits per heavy atom. The minimum atomic E-state index is -0.874. The lowest BCUT2D eigenvalue weighted by atomic mass is 10.1. The van der Waals surface area contributed by atoms with Gasteiger partial charge in [-0.05, 0) is 5.56 Å². The van der Waals surface area contributed by atoms with Crippen LogP contribution in [0.1, 0.15) is 11.7 Å². The van der Waals surface area contributed by atoms with Crippen LogP contribution in [-0.4, -0.2) is 19.8 Å². The van der Waals surface area contributed by atoms with Crippen LogP contribution in [0.4, 0.5) is 5.69 Å². The van der Waals surface area contributed by atoms with Gasteiger partial charge in [0.15, 0.2) is 0 Å². The number of hydrogen-bond donors (Lipinski definition) is 1. The van der Waals surface area contributed by atoms with E-state index in [4.69, 9.17) is 11.6 Å². The van der Waals surface area contributed by atoms with Gasteiger partial charge in [-0.15, -0.1) is 0 Å². The monoisotopic (exact) mass is 267 g/mol. The van der Waals surface area contributed by atoms with Crippen molar-refractivity contribution >= 4 is 17.3 Å². The van der Waals surface area contributed by atoms with Crippen molar-refractivity contribution in [3.63, 3.8) is 0 Å². The molecule has 0 saturated carbocycles. The second-order valence-electron chi connectivity index (χ2n) is 3.75. The number of aliphatic hydroxyl groups is 1. The molecule has 0 saturated heterocycles. The van der Waals surface area contributed by atoms with E-state index in [9.17, 15) is 15.2 Å². The summed E-state index contributed by atoms with van der Waals surface area (Å²) >= 11 is 5.70. The zero-order chi connectivity index (χ0) is 13.1. The molecular formula is C11H10ClN3O3. The highest BCUT2D eigenvalue weighted by molar-refractivity contribution is 6.30. The topological polar surface area (TPSA) is 81.2 Å². The lowest BCUT2D eigenvalue weighted by Gasteiger charge is -2.10. The Bertz CT molecular complexity index is 570. The molecule has 0 fully saturated rings. The van der Waals surface area contributed by atoms with Gasteiger partial charge in [0.25, 0.3) is 5.69 Å². The number of aliphatic hydroxyl groups excluding tert-OH is 1. The van der Waals surface area contributed by atoms with Crippen molar-refractivity contribution in [2.45, 2.75) is 12.6 Å². The van der Waals surface area contributed by atoms with E-state index in [2.05, 4.69) is 5.10 Å². The van der Waals surface area contributed by atoms with Crippen molar-refractivity contribution in [1.82, 2.24) is 9.78 Å². The molecule has 0 radical (unpaired) electrons. The molecule has 0 spiro atoms. The largest absolute Gasteiger partial charge is 0.386 e. The third-order valence-electron chi connectivity index (χ3n) is 2.43. The third-order valence-corrected chi connectivity index (χ3v) is 2.62. The molecule has 6 nitrogen and oxygen atoms in total. The number of non-ortho nitro benzene ring substituents is 1. The first-order valence-corrected chi connectivity index (χ1v) is 5.54. The molecule has 0 aliphatic carbocycles. The van der Waals surface area contributed by atoms with E-state index < -0.39 is 11.0 Å². The number of halogens is 1. The van der Waals surface area contributed by atoms with Gasteiger partial charge < -0.3 is 5.11 Å². The second-order valence-corrected chi connectivity index (χ2v) is 4.18. The minimum Gasteiger partial charge on any atom is -0.386 e. The summed E-state index contributed by atoms with van der Waals surface area (Å²) in [4.78, 5) is 10.1. The molecular weight excluding hydrogens is 258 g/mol. The van der Waals surface area contributed by atoms with Gasteiger partial charge in [0.05, 0.1) is 28.8 Å². The Morgan fingerprint density at radius 3 is 2.94 bits per heavy atom. The maximum Gasteiger partial charge on any atom is 0.269 e. The van der Waals surface area contributed by atoms with Crippen LogP contribution in [0.25, 0.3) is 0 Å². The lowest BCUT2D eigenvalue weighted by molar-refractivity contribution is -0.385. The number of benzene rings is 1. The molecule has 0 aliphatic heterocycles. The zero-order valence-corrected chi connectivity index (χ0v) is 9.99. The summed E-state index contributed by atoms with van der Waals surface area (Å²) in [6.07, 6.45) is 2.16. The molecule has 2 aromatic rings. The molecule has 1 heterocycles. The molecule has 94 valence electrons. The van der Waals surface area contributed by atoms with Crippen LogP contribution in [0, 0.1) is 10.1 Å². The molecule has 1 atom stereocenters. The summed E-state index contributed by atoms with van der Waals surface area (Å²) < 4.78 is 1.48. The van der Waals surface area contributed by atoms with Gasteiger partial charge in [-0.1, -0.05) is 23.7 Å². The SMILES string of the molecule is O=[N+]([O-])c1cccc(C(O)Cn2cc(Cl)cn2)c1. The zero-order valence-electron chi connectivity index (χ0n) is 9.23. The molecule has 1 aromatic heterocycles. The van der Waals surface area contributed by atoms with Crippen molar-refractivity contribution < 1.29 is 10.0 Å². The van der Waals surface area contributed by atoms with Gasteiger partial charge in [0.2, 0.25) is 0 Å². The highest BCUT2D eigenvalue weighted by Crippen LogP contribution is 2.20.